The molecule has 1 aromatic rings. The molecule has 0 bridgehead atoms. The number of rotatable bonds is 7. The van der Waals surface area contributed by atoms with Crippen LogP contribution in [0.25, 0.3) is 0 Å². The van der Waals surface area contributed by atoms with Gasteiger partial charge in [-0.25, -0.2) is 4.39 Å². The SMILES string of the molecule is CCC(CC)CC(CN)(CO)c1cccc(F)c1. The second-order valence-corrected chi connectivity index (χ2v) is 5.04. The normalized spacial score (nSPS) is 14.8. The fourth-order valence-corrected chi connectivity index (χ4v) is 2.49. The van der Waals surface area contributed by atoms with Crippen molar-refractivity contribution in [3.63, 3.8) is 0 Å². The standard InChI is InChI=1S/C15H24FNO/c1-3-12(4-2)9-15(10-17,11-18)13-6-5-7-14(16)8-13/h5-8,12,18H,3-4,9-11,17H2,1-2H3. The highest BCUT2D eigenvalue weighted by Crippen LogP contribution is 2.33. The maximum absolute atomic E-state index is 13.3. The molecular weight excluding hydrogens is 229 g/mol. The summed E-state index contributed by atoms with van der Waals surface area (Å²) in [6, 6.07) is 6.44. The van der Waals surface area contributed by atoms with Gasteiger partial charge in [-0.3, -0.25) is 0 Å². The van der Waals surface area contributed by atoms with Crippen LogP contribution in [0.1, 0.15) is 38.7 Å². The van der Waals surface area contributed by atoms with Gasteiger partial charge in [-0.1, -0.05) is 38.8 Å². The fraction of sp³-hybridized carbons (Fsp3) is 0.600. The van der Waals surface area contributed by atoms with E-state index in [1.54, 1.807) is 6.07 Å². The van der Waals surface area contributed by atoms with Crippen molar-refractivity contribution in [2.24, 2.45) is 11.7 Å². The van der Waals surface area contributed by atoms with Gasteiger partial charge in [0.05, 0.1) is 6.61 Å². The highest BCUT2D eigenvalue weighted by atomic mass is 19.1. The number of benzene rings is 1. The first kappa shape index (κ1) is 15.1. The fourth-order valence-electron chi connectivity index (χ4n) is 2.49. The van der Waals surface area contributed by atoms with Crippen LogP contribution < -0.4 is 5.73 Å². The third kappa shape index (κ3) is 3.30. The number of aliphatic hydroxyl groups is 1. The van der Waals surface area contributed by atoms with E-state index in [2.05, 4.69) is 13.8 Å². The average molecular weight is 253 g/mol. The molecule has 3 N–H and O–H groups in total. The van der Waals surface area contributed by atoms with Crippen LogP contribution in [0, 0.1) is 11.7 Å². The van der Waals surface area contributed by atoms with Crippen molar-refractivity contribution in [2.45, 2.75) is 38.5 Å². The van der Waals surface area contributed by atoms with Crippen LogP contribution >= 0.6 is 0 Å². The lowest BCUT2D eigenvalue weighted by Gasteiger charge is -2.34. The van der Waals surface area contributed by atoms with E-state index in [4.69, 9.17) is 5.73 Å². The lowest BCUT2D eigenvalue weighted by molar-refractivity contribution is 0.165. The maximum atomic E-state index is 13.3. The zero-order valence-corrected chi connectivity index (χ0v) is 11.3. The van der Waals surface area contributed by atoms with Gasteiger partial charge in [-0.2, -0.15) is 0 Å². The van der Waals surface area contributed by atoms with Crippen LogP contribution in [0.3, 0.4) is 0 Å². The summed E-state index contributed by atoms with van der Waals surface area (Å²) in [5.74, 6) is 0.229. The van der Waals surface area contributed by atoms with Gasteiger partial charge >= 0.3 is 0 Å². The van der Waals surface area contributed by atoms with E-state index in [1.807, 2.05) is 6.07 Å². The van der Waals surface area contributed by atoms with Crippen LogP contribution in [0.5, 0.6) is 0 Å². The van der Waals surface area contributed by atoms with Gasteiger partial charge in [0.15, 0.2) is 0 Å². The van der Waals surface area contributed by atoms with Gasteiger partial charge in [-0.15, -0.1) is 0 Å². The molecule has 0 spiro atoms. The summed E-state index contributed by atoms with van der Waals surface area (Å²) in [5.41, 5.74) is 6.17. The second kappa shape index (κ2) is 6.86. The largest absolute Gasteiger partial charge is 0.395 e. The lowest BCUT2D eigenvalue weighted by atomic mass is 9.73. The predicted octanol–water partition coefficient (Wildman–Crippen LogP) is 2.84. The smallest absolute Gasteiger partial charge is 0.123 e. The van der Waals surface area contributed by atoms with Crippen molar-refractivity contribution in [1.82, 2.24) is 0 Å². The summed E-state index contributed by atoms with van der Waals surface area (Å²) in [6.45, 7) is 4.57. The molecule has 0 aliphatic rings. The molecule has 1 aromatic carbocycles. The number of aliphatic hydroxyl groups excluding tert-OH is 1. The van der Waals surface area contributed by atoms with E-state index in [9.17, 15) is 9.50 Å². The Bertz CT molecular complexity index is 359. The molecular formula is C15H24FNO. The first-order chi connectivity index (χ1) is 8.61. The number of hydrogen-bond donors (Lipinski definition) is 2. The maximum Gasteiger partial charge on any atom is 0.123 e. The highest BCUT2D eigenvalue weighted by molar-refractivity contribution is 5.27. The molecule has 0 aliphatic heterocycles. The molecule has 18 heavy (non-hydrogen) atoms. The van der Waals surface area contributed by atoms with Gasteiger partial charge in [0.2, 0.25) is 0 Å². The van der Waals surface area contributed by atoms with Crippen molar-refractivity contribution in [3.05, 3.63) is 35.6 Å². The summed E-state index contributed by atoms with van der Waals surface area (Å²) < 4.78 is 13.3. The van der Waals surface area contributed by atoms with E-state index < -0.39 is 5.41 Å². The molecule has 0 aliphatic carbocycles. The minimum Gasteiger partial charge on any atom is -0.395 e. The first-order valence-electron chi connectivity index (χ1n) is 6.68. The van der Waals surface area contributed by atoms with Crippen LogP contribution in [-0.2, 0) is 5.41 Å². The number of hydrogen-bond acceptors (Lipinski definition) is 2. The Kier molecular flexibility index (Phi) is 5.76. The van der Waals surface area contributed by atoms with E-state index >= 15 is 0 Å². The summed E-state index contributed by atoms with van der Waals surface area (Å²) in [4.78, 5) is 0. The van der Waals surface area contributed by atoms with E-state index in [0.29, 0.717) is 12.5 Å². The van der Waals surface area contributed by atoms with E-state index in [1.165, 1.54) is 12.1 Å². The monoisotopic (exact) mass is 253 g/mol. The highest BCUT2D eigenvalue weighted by Gasteiger charge is 2.32. The van der Waals surface area contributed by atoms with Crippen molar-refractivity contribution < 1.29 is 9.50 Å². The molecule has 0 radical (unpaired) electrons. The Morgan fingerprint density at radius 3 is 2.44 bits per heavy atom. The molecule has 0 heterocycles. The quantitative estimate of drug-likeness (QED) is 0.785. The Labute approximate surface area is 109 Å². The van der Waals surface area contributed by atoms with Crippen molar-refractivity contribution in [1.29, 1.82) is 0 Å². The molecule has 1 rings (SSSR count). The molecule has 0 fully saturated rings. The molecule has 0 saturated heterocycles. The minimum atomic E-state index is -0.515. The van der Waals surface area contributed by atoms with Crippen LogP contribution in [0.4, 0.5) is 4.39 Å². The van der Waals surface area contributed by atoms with Gasteiger partial charge in [0.25, 0.3) is 0 Å². The summed E-state index contributed by atoms with van der Waals surface area (Å²) in [7, 11) is 0. The molecule has 2 nitrogen and oxygen atoms in total. The van der Waals surface area contributed by atoms with Gasteiger partial charge in [0, 0.05) is 12.0 Å². The second-order valence-electron chi connectivity index (χ2n) is 5.04. The summed E-state index contributed by atoms with van der Waals surface area (Å²) in [5, 5.41) is 9.76. The third-order valence-corrected chi connectivity index (χ3v) is 3.96. The minimum absolute atomic E-state index is 0.0382. The zero-order valence-electron chi connectivity index (χ0n) is 11.3. The van der Waals surface area contributed by atoms with E-state index in [-0.39, 0.29) is 12.4 Å². The molecule has 0 amide bonds. The molecule has 0 aromatic heterocycles. The Morgan fingerprint density at radius 1 is 1.33 bits per heavy atom. The van der Waals surface area contributed by atoms with Crippen LogP contribution in [0.2, 0.25) is 0 Å². The summed E-state index contributed by atoms with van der Waals surface area (Å²) in [6.07, 6.45) is 2.90. The molecule has 3 heteroatoms. The van der Waals surface area contributed by atoms with Gasteiger partial charge in [0.1, 0.15) is 5.82 Å². The Morgan fingerprint density at radius 2 is 2.00 bits per heavy atom. The topological polar surface area (TPSA) is 46.2 Å². The Hall–Kier alpha value is -0.930. The molecule has 1 unspecified atom stereocenters. The van der Waals surface area contributed by atoms with Crippen molar-refractivity contribution in [3.8, 4) is 0 Å². The van der Waals surface area contributed by atoms with Gasteiger partial charge in [-0.05, 0) is 30.0 Å². The van der Waals surface area contributed by atoms with Crippen molar-refractivity contribution in [2.75, 3.05) is 13.2 Å². The predicted molar refractivity (Wildman–Crippen MR) is 72.9 cm³/mol. The zero-order chi connectivity index (χ0) is 13.6. The number of nitrogens with two attached hydrogens (primary N) is 1. The van der Waals surface area contributed by atoms with Gasteiger partial charge < -0.3 is 10.8 Å². The summed E-state index contributed by atoms with van der Waals surface area (Å²) >= 11 is 0. The molecule has 0 saturated carbocycles. The molecule has 102 valence electrons. The number of halogens is 1. The third-order valence-electron chi connectivity index (χ3n) is 3.96. The van der Waals surface area contributed by atoms with E-state index in [0.717, 1.165) is 24.8 Å². The van der Waals surface area contributed by atoms with Crippen LogP contribution in [0.15, 0.2) is 24.3 Å². The molecule has 1 atom stereocenters. The first-order valence-corrected chi connectivity index (χ1v) is 6.68. The van der Waals surface area contributed by atoms with Crippen LogP contribution in [-0.4, -0.2) is 18.3 Å². The van der Waals surface area contributed by atoms with Crippen molar-refractivity contribution >= 4 is 0 Å². The Balaban J connectivity index is 3.06. The average Bonchev–Trinajstić information content (AvgIpc) is 2.41. The lowest BCUT2D eigenvalue weighted by Crippen LogP contribution is -2.40.